The molecule has 0 aliphatic heterocycles. The van der Waals surface area contributed by atoms with Crippen LogP contribution in [0, 0.1) is 5.92 Å². The summed E-state index contributed by atoms with van der Waals surface area (Å²) in [4.78, 5) is 32.4. The van der Waals surface area contributed by atoms with Crippen LogP contribution in [0.1, 0.15) is 25.7 Å². The van der Waals surface area contributed by atoms with Crippen LogP contribution >= 0.6 is 0 Å². The highest BCUT2D eigenvalue weighted by molar-refractivity contribution is 5.82. The summed E-state index contributed by atoms with van der Waals surface area (Å²) in [5, 5.41) is 22.0. The predicted molar refractivity (Wildman–Crippen MR) is 57.6 cm³/mol. The molecule has 4 N–H and O–H groups in total. The first-order valence-electron chi connectivity index (χ1n) is 5.48. The minimum absolute atomic E-state index is 0.123. The number of nitrogens with one attached hydrogen (secondary N) is 2. The Balaban J connectivity index is 2.28. The topological polar surface area (TPSA) is 116 Å². The summed E-state index contributed by atoms with van der Waals surface area (Å²) in [5.41, 5.74) is 0. The van der Waals surface area contributed by atoms with Gasteiger partial charge in [0.1, 0.15) is 6.04 Å². The van der Waals surface area contributed by atoms with E-state index in [1.165, 1.54) is 0 Å². The molecule has 1 saturated carbocycles. The first-order chi connectivity index (χ1) is 7.99. The van der Waals surface area contributed by atoms with Crippen molar-refractivity contribution in [3.63, 3.8) is 0 Å². The number of carboxylic acid groups (broad SMARTS) is 2. The van der Waals surface area contributed by atoms with Gasteiger partial charge in [-0.1, -0.05) is 0 Å². The fourth-order valence-electron chi connectivity index (χ4n) is 1.29. The van der Waals surface area contributed by atoms with Gasteiger partial charge in [-0.2, -0.15) is 0 Å². The van der Waals surface area contributed by atoms with Crippen molar-refractivity contribution in [2.45, 2.75) is 31.7 Å². The second kappa shape index (κ2) is 6.07. The van der Waals surface area contributed by atoms with Crippen molar-refractivity contribution in [2.24, 2.45) is 5.92 Å². The Bertz CT molecular complexity index is 314. The van der Waals surface area contributed by atoms with Gasteiger partial charge in [0.2, 0.25) is 0 Å². The van der Waals surface area contributed by atoms with Gasteiger partial charge in [0.15, 0.2) is 0 Å². The Morgan fingerprint density at radius 1 is 1.24 bits per heavy atom. The van der Waals surface area contributed by atoms with E-state index in [1.807, 2.05) is 0 Å². The van der Waals surface area contributed by atoms with Crippen LogP contribution in [0.3, 0.4) is 0 Å². The van der Waals surface area contributed by atoms with Gasteiger partial charge >= 0.3 is 18.0 Å². The summed E-state index contributed by atoms with van der Waals surface area (Å²) in [6.07, 6.45) is 1.75. The molecule has 0 radical (unpaired) electrons. The van der Waals surface area contributed by atoms with Gasteiger partial charge in [0.25, 0.3) is 0 Å². The van der Waals surface area contributed by atoms with E-state index in [-0.39, 0.29) is 12.8 Å². The van der Waals surface area contributed by atoms with Gasteiger partial charge in [-0.25, -0.2) is 9.59 Å². The average Bonchev–Trinajstić information content (AvgIpc) is 3.04. The van der Waals surface area contributed by atoms with Crippen LogP contribution < -0.4 is 10.6 Å². The zero-order valence-electron chi connectivity index (χ0n) is 9.31. The molecule has 1 aliphatic rings. The first-order valence-corrected chi connectivity index (χ1v) is 5.48. The van der Waals surface area contributed by atoms with Gasteiger partial charge in [-0.15, -0.1) is 0 Å². The molecule has 0 unspecified atom stereocenters. The summed E-state index contributed by atoms with van der Waals surface area (Å²) in [6, 6.07) is -1.72. The molecule has 17 heavy (non-hydrogen) atoms. The molecule has 2 amide bonds. The molecular formula is C10H16N2O5. The van der Waals surface area contributed by atoms with Crippen molar-refractivity contribution in [1.82, 2.24) is 10.6 Å². The average molecular weight is 244 g/mol. The lowest BCUT2D eigenvalue weighted by Crippen LogP contribution is -2.46. The van der Waals surface area contributed by atoms with E-state index in [0.717, 1.165) is 12.8 Å². The van der Waals surface area contributed by atoms with Crippen LogP contribution in [0.2, 0.25) is 0 Å². The number of amides is 2. The standard InChI is InChI=1S/C10H16N2O5/c13-8(14)4-3-7(9(15)16)12-10(17)11-5-6-1-2-6/h6-7H,1-5H2,(H,13,14)(H,15,16)(H2,11,12,17)/t7-/m0/s1. The Labute approximate surface area is 98.2 Å². The number of carboxylic acids is 2. The van der Waals surface area contributed by atoms with Crippen molar-refractivity contribution in [2.75, 3.05) is 6.54 Å². The molecule has 1 atom stereocenters. The van der Waals surface area contributed by atoms with Crippen molar-refractivity contribution in [3.8, 4) is 0 Å². The van der Waals surface area contributed by atoms with Gasteiger partial charge < -0.3 is 20.8 Å². The summed E-state index contributed by atoms with van der Waals surface area (Å²) in [5.74, 6) is -1.81. The summed E-state index contributed by atoms with van der Waals surface area (Å²) in [7, 11) is 0. The molecule has 7 nitrogen and oxygen atoms in total. The third-order valence-electron chi connectivity index (χ3n) is 2.50. The highest BCUT2D eigenvalue weighted by Crippen LogP contribution is 2.27. The number of carbonyl (C=O) groups excluding carboxylic acids is 1. The molecule has 1 aliphatic carbocycles. The lowest BCUT2D eigenvalue weighted by atomic mass is 10.1. The van der Waals surface area contributed by atoms with E-state index in [4.69, 9.17) is 10.2 Å². The zero-order valence-corrected chi connectivity index (χ0v) is 9.31. The van der Waals surface area contributed by atoms with Crippen molar-refractivity contribution >= 4 is 18.0 Å². The molecule has 7 heteroatoms. The molecule has 0 aromatic rings. The molecule has 0 spiro atoms. The Morgan fingerprint density at radius 3 is 2.35 bits per heavy atom. The summed E-state index contributed by atoms with van der Waals surface area (Å²) < 4.78 is 0. The molecule has 1 fully saturated rings. The van der Waals surface area contributed by atoms with E-state index in [1.54, 1.807) is 0 Å². The zero-order chi connectivity index (χ0) is 12.8. The highest BCUT2D eigenvalue weighted by atomic mass is 16.4. The predicted octanol–water partition coefficient (Wildman–Crippen LogP) is 0.0136. The van der Waals surface area contributed by atoms with Crippen molar-refractivity contribution < 1.29 is 24.6 Å². The summed E-state index contributed by atoms with van der Waals surface area (Å²) in [6.45, 7) is 0.539. The number of carbonyl (C=O) groups is 3. The van der Waals surface area contributed by atoms with Gasteiger partial charge in [0, 0.05) is 13.0 Å². The smallest absolute Gasteiger partial charge is 0.326 e. The third kappa shape index (κ3) is 5.74. The number of hydrogen-bond donors (Lipinski definition) is 4. The molecule has 0 aromatic heterocycles. The largest absolute Gasteiger partial charge is 0.481 e. The quantitative estimate of drug-likeness (QED) is 0.503. The lowest BCUT2D eigenvalue weighted by molar-refractivity contribution is -0.140. The molecule has 0 aromatic carbocycles. The van der Waals surface area contributed by atoms with Crippen LogP contribution in [0.4, 0.5) is 4.79 Å². The van der Waals surface area contributed by atoms with Crippen molar-refractivity contribution in [1.29, 1.82) is 0 Å². The van der Waals surface area contributed by atoms with Crippen LogP contribution in [0.25, 0.3) is 0 Å². The number of urea groups is 1. The molecule has 96 valence electrons. The molecule has 0 saturated heterocycles. The maximum atomic E-state index is 11.3. The maximum Gasteiger partial charge on any atom is 0.326 e. The van der Waals surface area contributed by atoms with Gasteiger partial charge in [-0.3, -0.25) is 4.79 Å². The third-order valence-corrected chi connectivity index (χ3v) is 2.50. The normalized spacial score (nSPS) is 16.0. The monoisotopic (exact) mass is 244 g/mol. The molecule has 0 heterocycles. The maximum absolute atomic E-state index is 11.3. The minimum atomic E-state index is -1.23. The Kier molecular flexibility index (Phi) is 4.74. The summed E-state index contributed by atoms with van der Waals surface area (Å²) >= 11 is 0. The van der Waals surface area contributed by atoms with Crippen LogP contribution in [0.15, 0.2) is 0 Å². The second-order valence-corrected chi connectivity index (χ2v) is 4.12. The SMILES string of the molecule is O=C(O)CC[C@H](NC(=O)NCC1CC1)C(=O)O. The number of aliphatic carboxylic acids is 2. The van der Waals surface area contributed by atoms with Crippen molar-refractivity contribution in [3.05, 3.63) is 0 Å². The molecule has 0 bridgehead atoms. The molecular weight excluding hydrogens is 228 g/mol. The number of hydrogen-bond acceptors (Lipinski definition) is 3. The van der Waals surface area contributed by atoms with E-state index in [9.17, 15) is 14.4 Å². The molecule has 1 rings (SSSR count). The minimum Gasteiger partial charge on any atom is -0.481 e. The first kappa shape index (κ1) is 13.3. The van der Waals surface area contributed by atoms with Gasteiger partial charge in [-0.05, 0) is 25.2 Å². The van der Waals surface area contributed by atoms with E-state index in [2.05, 4.69) is 10.6 Å². The second-order valence-electron chi connectivity index (χ2n) is 4.12. The van der Waals surface area contributed by atoms with Crippen LogP contribution in [-0.2, 0) is 9.59 Å². The highest BCUT2D eigenvalue weighted by Gasteiger charge is 2.24. The van der Waals surface area contributed by atoms with Crippen LogP contribution in [-0.4, -0.2) is 40.8 Å². The van der Waals surface area contributed by atoms with E-state index < -0.39 is 24.0 Å². The van der Waals surface area contributed by atoms with E-state index >= 15 is 0 Å². The Hall–Kier alpha value is -1.79. The fraction of sp³-hybridized carbons (Fsp3) is 0.700. The Morgan fingerprint density at radius 2 is 1.88 bits per heavy atom. The number of rotatable bonds is 7. The fourth-order valence-corrected chi connectivity index (χ4v) is 1.29. The lowest BCUT2D eigenvalue weighted by Gasteiger charge is -2.14. The van der Waals surface area contributed by atoms with Crippen LogP contribution in [0.5, 0.6) is 0 Å². The van der Waals surface area contributed by atoms with Gasteiger partial charge in [0.05, 0.1) is 0 Å². The van der Waals surface area contributed by atoms with E-state index in [0.29, 0.717) is 12.5 Å².